The first-order valence-electron chi connectivity index (χ1n) is 8.66. The molecule has 156 valence electrons. The molecule has 0 aliphatic carbocycles. The summed E-state index contributed by atoms with van der Waals surface area (Å²) in [6.45, 7) is 5.29. The van der Waals surface area contributed by atoms with Crippen LogP contribution in [0.3, 0.4) is 0 Å². The second kappa shape index (κ2) is 9.30. The van der Waals surface area contributed by atoms with Crippen molar-refractivity contribution >= 4 is 46.2 Å². The van der Waals surface area contributed by atoms with E-state index in [1.54, 1.807) is 43.3 Å². The van der Waals surface area contributed by atoms with Gasteiger partial charge in [0, 0.05) is 39.0 Å². The van der Waals surface area contributed by atoms with Gasteiger partial charge >= 0.3 is 0 Å². The fourth-order valence-corrected chi connectivity index (χ4v) is 3.22. The number of hydrogen-bond donors (Lipinski definition) is 3. The van der Waals surface area contributed by atoms with Crippen LogP contribution in [-0.2, 0) is 9.59 Å². The van der Waals surface area contributed by atoms with E-state index < -0.39 is 5.72 Å². The van der Waals surface area contributed by atoms with Crippen LogP contribution in [0.4, 0.5) is 0 Å². The Morgan fingerprint density at radius 2 is 1.37 bits per heavy atom. The summed E-state index contributed by atoms with van der Waals surface area (Å²) in [7, 11) is 0. The van der Waals surface area contributed by atoms with Crippen LogP contribution in [0.15, 0.2) is 73.0 Å². The molecule has 7 heteroatoms. The maximum atomic E-state index is 11.1. The maximum absolute atomic E-state index is 11.1. The van der Waals surface area contributed by atoms with Crippen molar-refractivity contribution < 1.29 is 14.7 Å². The number of carbonyl (C=O) groups is 2. The minimum absolute atomic E-state index is 0. The molecule has 2 heterocycles. The van der Waals surface area contributed by atoms with E-state index in [2.05, 4.69) is 17.2 Å². The average molecular weight is 445 g/mol. The van der Waals surface area contributed by atoms with Gasteiger partial charge in [-0.3, -0.25) is 9.59 Å². The highest BCUT2D eigenvalue weighted by Gasteiger charge is 2.34. The van der Waals surface area contributed by atoms with Crippen LogP contribution in [0.1, 0.15) is 25.5 Å². The molecule has 2 amide bonds. The number of amides is 2. The third kappa shape index (κ3) is 5.39. The molecule has 2 aliphatic heterocycles. The summed E-state index contributed by atoms with van der Waals surface area (Å²) in [6.07, 6.45) is 2.93. The number of nitrogens with one attached hydrogen (secondary N) is 2. The van der Waals surface area contributed by atoms with Crippen LogP contribution in [0.25, 0.3) is 11.1 Å². The van der Waals surface area contributed by atoms with Gasteiger partial charge in [-0.25, -0.2) is 0 Å². The predicted octanol–water partition coefficient (Wildman–Crippen LogP) is 4.56. The largest absolute Gasteiger partial charge is 0.367 e. The number of rotatable bonds is 2. The van der Waals surface area contributed by atoms with Crippen molar-refractivity contribution in [1.29, 1.82) is 0 Å². The highest BCUT2D eigenvalue weighted by Crippen LogP contribution is 2.29. The second-order valence-electron chi connectivity index (χ2n) is 6.66. The van der Waals surface area contributed by atoms with Crippen molar-refractivity contribution in [2.75, 3.05) is 0 Å². The number of aliphatic hydroxyl groups is 1. The van der Waals surface area contributed by atoms with Gasteiger partial charge in [-0.15, -0.1) is 0 Å². The van der Waals surface area contributed by atoms with Gasteiger partial charge in [0.15, 0.2) is 5.72 Å². The van der Waals surface area contributed by atoms with Gasteiger partial charge in [-0.2, -0.15) is 0 Å². The Balaban J connectivity index is 0.000000207. The summed E-state index contributed by atoms with van der Waals surface area (Å²) < 4.78 is 0. The monoisotopic (exact) mass is 444 g/mol. The van der Waals surface area contributed by atoms with Crippen molar-refractivity contribution in [3.8, 4) is 0 Å². The van der Waals surface area contributed by atoms with E-state index >= 15 is 0 Å². The van der Waals surface area contributed by atoms with Gasteiger partial charge in [0.05, 0.1) is 0 Å². The van der Waals surface area contributed by atoms with Crippen LogP contribution < -0.4 is 10.6 Å². The van der Waals surface area contributed by atoms with Crippen molar-refractivity contribution in [3.05, 3.63) is 94.1 Å². The molecule has 1 unspecified atom stereocenters. The van der Waals surface area contributed by atoms with E-state index in [0.717, 1.165) is 16.7 Å². The van der Waals surface area contributed by atoms with Crippen molar-refractivity contribution in [1.82, 2.24) is 10.6 Å². The van der Waals surface area contributed by atoms with Crippen LogP contribution in [-0.4, -0.2) is 22.6 Å². The number of hydrogen-bond acceptors (Lipinski definition) is 3. The van der Waals surface area contributed by atoms with Crippen LogP contribution in [0.2, 0.25) is 10.0 Å². The van der Waals surface area contributed by atoms with Gasteiger partial charge in [0.2, 0.25) is 11.8 Å². The zero-order valence-corrected chi connectivity index (χ0v) is 17.0. The van der Waals surface area contributed by atoms with E-state index in [4.69, 9.17) is 23.2 Å². The molecule has 2 aromatic carbocycles. The Morgan fingerprint density at radius 1 is 0.867 bits per heavy atom. The molecule has 0 saturated carbocycles. The second-order valence-corrected chi connectivity index (χ2v) is 7.53. The van der Waals surface area contributed by atoms with Crippen LogP contribution in [0.5, 0.6) is 0 Å². The van der Waals surface area contributed by atoms with Crippen LogP contribution >= 0.6 is 23.2 Å². The number of allylic oxidation sites excluding steroid dienone is 1. The Morgan fingerprint density at radius 3 is 1.77 bits per heavy atom. The highest BCUT2D eigenvalue weighted by molar-refractivity contribution is 6.31. The Hall–Kier alpha value is -2.86. The maximum Gasteiger partial charge on any atom is 0.249 e. The molecule has 0 radical (unpaired) electrons. The molecule has 1 atom stereocenters. The normalized spacial score (nSPS) is 19.7. The number of benzene rings is 2. The molecule has 0 fully saturated rings. The average Bonchev–Trinajstić information content (AvgIpc) is 3.13. The van der Waals surface area contributed by atoms with Crippen molar-refractivity contribution in [2.24, 2.45) is 0 Å². The fraction of sp³-hybridized carbons (Fsp3) is 0.130. The molecule has 0 bridgehead atoms. The lowest BCUT2D eigenvalue weighted by Crippen LogP contribution is -2.40. The van der Waals surface area contributed by atoms with Crippen molar-refractivity contribution in [2.45, 2.75) is 20.1 Å². The first-order valence-corrected chi connectivity index (χ1v) is 9.42. The zero-order valence-electron chi connectivity index (χ0n) is 15.5. The van der Waals surface area contributed by atoms with Crippen molar-refractivity contribution in [3.63, 3.8) is 0 Å². The summed E-state index contributed by atoms with van der Waals surface area (Å²) in [4.78, 5) is 22.2. The molecule has 0 spiro atoms. The van der Waals surface area contributed by atoms with Crippen LogP contribution in [0, 0.1) is 0 Å². The third-order valence-corrected chi connectivity index (χ3v) is 4.86. The molecule has 0 aromatic heterocycles. The summed E-state index contributed by atoms with van der Waals surface area (Å²) in [6, 6.07) is 14.3. The minimum Gasteiger partial charge on any atom is -0.367 e. The molecule has 2 aromatic rings. The first-order chi connectivity index (χ1) is 13.7. The minimum atomic E-state index is -1.30. The standard InChI is InChI=1S/C11H10ClNO2.C11H8ClNO.CH4/c1-11(15)9(6-10(14)13-11)7-2-4-8(12)5-3-7;1-7-10(6-11(14)13-7)8-2-4-9(12)5-3-8;/h2-6,15H,1H3,(H,13,14);2-6H,1H2,(H,13,14);1H4. The quantitative estimate of drug-likeness (QED) is 0.634. The Kier molecular flexibility index (Phi) is 7.26. The summed E-state index contributed by atoms with van der Waals surface area (Å²) in [5, 5.41) is 16.3. The molecule has 5 nitrogen and oxygen atoms in total. The van der Waals surface area contributed by atoms with Gasteiger partial charge in [0.1, 0.15) is 0 Å². The molecular weight excluding hydrogens is 423 g/mol. The summed E-state index contributed by atoms with van der Waals surface area (Å²) in [5.74, 6) is -0.412. The first kappa shape index (κ1) is 23.4. The molecule has 3 N–H and O–H groups in total. The molecule has 4 rings (SSSR count). The zero-order chi connectivity index (χ0) is 21.2. The number of halogens is 2. The van der Waals surface area contributed by atoms with Gasteiger partial charge in [-0.1, -0.05) is 61.5 Å². The fourth-order valence-electron chi connectivity index (χ4n) is 2.97. The summed E-state index contributed by atoms with van der Waals surface area (Å²) >= 11 is 11.5. The Labute approximate surface area is 185 Å². The number of carbonyl (C=O) groups excluding carboxylic acids is 2. The molecule has 30 heavy (non-hydrogen) atoms. The van der Waals surface area contributed by atoms with Gasteiger partial charge in [-0.05, 0) is 42.3 Å². The van der Waals surface area contributed by atoms with E-state index in [0.29, 0.717) is 21.3 Å². The smallest absolute Gasteiger partial charge is 0.249 e. The summed E-state index contributed by atoms with van der Waals surface area (Å²) in [5.41, 5.74) is 2.44. The Bertz CT molecular complexity index is 1040. The lowest BCUT2D eigenvalue weighted by atomic mass is 9.99. The van der Waals surface area contributed by atoms with E-state index in [-0.39, 0.29) is 19.2 Å². The lowest BCUT2D eigenvalue weighted by molar-refractivity contribution is -0.119. The molecule has 2 aliphatic rings. The topological polar surface area (TPSA) is 78.4 Å². The van der Waals surface area contributed by atoms with E-state index in [9.17, 15) is 14.7 Å². The molecule has 0 saturated heterocycles. The van der Waals surface area contributed by atoms with E-state index in [1.165, 1.54) is 12.2 Å². The predicted molar refractivity (Wildman–Crippen MR) is 122 cm³/mol. The SMILES string of the molecule is C.C=C1NC(=O)C=C1c1ccc(Cl)cc1.CC1(O)NC(=O)C=C1c1ccc(Cl)cc1. The molecular formula is C23H22Cl2N2O3. The van der Waals surface area contributed by atoms with E-state index in [1.807, 2.05) is 12.1 Å². The highest BCUT2D eigenvalue weighted by atomic mass is 35.5. The third-order valence-electron chi connectivity index (χ3n) is 4.35. The lowest BCUT2D eigenvalue weighted by Gasteiger charge is -2.21. The van der Waals surface area contributed by atoms with Gasteiger partial charge in [0.25, 0.3) is 0 Å². The van der Waals surface area contributed by atoms with Gasteiger partial charge < -0.3 is 15.7 Å².